The van der Waals surface area contributed by atoms with Crippen molar-refractivity contribution in [2.45, 2.75) is 13.0 Å². The summed E-state index contributed by atoms with van der Waals surface area (Å²) in [5.74, 6) is 6.12. The van der Waals surface area contributed by atoms with Crippen LogP contribution < -0.4 is 16.6 Å². The third kappa shape index (κ3) is 4.47. The predicted octanol–water partition coefficient (Wildman–Crippen LogP) is 4.99. The molecule has 1 unspecified atom stereocenters. The van der Waals surface area contributed by atoms with E-state index in [0.29, 0.717) is 28.0 Å². The van der Waals surface area contributed by atoms with Crippen LogP contribution in [0.25, 0.3) is 33.0 Å². The summed E-state index contributed by atoms with van der Waals surface area (Å²) in [6, 6.07) is 26.0. The summed E-state index contributed by atoms with van der Waals surface area (Å²) in [5, 5.41) is 9.44. The number of carbonyl (C=O) groups is 1. The fraction of sp³-hybridized carbons (Fsp3) is 0.0588. The first-order chi connectivity index (χ1) is 21.0. The van der Waals surface area contributed by atoms with Gasteiger partial charge in [0.25, 0.3) is 11.5 Å². The van der Waals surface area contributed by atoms with Crippen molar-refractivity contribution in [3.8, 4) is 17.5 Å². The molecule has 0 saturated carbocycles. The highest BCUT2D eigenvalue weighted by Crippen LogP contribution is 2.25. The lowest BCUT2D eigenvalue weighted by atomic mass is 10.0. The zero-order valence-electron chi connectivity index (χ0n) is 23.1. The second kappa shape index (κ2) is 10.4. The molecule has 43 heavy (non-hydrogen) atoms. The maximum absolute atomic E-state index is 14.3. The number of nitrogens with zero attached hydrogens (tertiary/aromatic N) is 4. The zero-order chi connectivity index (χ0) is 29.5. The summed E-state index contributed by atoms with van der Waals surface area (Å²) in [7, 11) is 0. The van der Waals surface area contributed by atoms with Crippen molar-refractivity contribution in [1.29, 1.82) is 0 Å². The average Bonchev–Trinajstić information content (AvgIpc) is 3.60. The van der Waals surface area contributed by atoms with Crippen LogP contribution in [0.5, 0.6) is 0 Å². The number of hydrogen-bond donors (Lipinski definition) is 3. The fourth-order valence-corrected chi connectivity index (χ4v) is 5.42. The normalized spacial score (nSPS) is 11.8. The van der Waals surface area contributed by atoms with Gasteiger partial charge in [-0.3, -0.25) is 14.2 Å². The molecule has 0 radical (unpaired) electrons. The van der Waals surface area contributed by atoms with Crippen LogP contribution in [0.4, 0.5) is 5.82 Å². The largest absolute Gasteiger partial charge is 0.381 e. The number of aromatic amines is 1. The van der Waals surface area contributed by atoms with Crippen molar-refractivity contribution < 1.29 is 4.79 Å². The molecule has 0 aliphatic heterocycles. The molecule has 0 fully saturated rings. The van der Waals surface area contributed by atoms with Crippen molar-refractivity contribution in [2.24, 2.45) is 0 Å². The highest BCUT2D eigenvalue weighted by Gasteiger charge is 2.24. The van der Waals surface area contributed by atoms with Crippen molar-refractivity contribution in [2.75, 3.05) is 5.73 Å². The van der Waals surface area contributed by atoms with Crippen LogP contribution in [0, 0.1) is 11.8 Å². The van der Waals surface area contributed by atoms with Gasteiger partial charge in [0.2, 0.25) is 0 Å². The van der Waals surface area contributed by atoms with Gasteiger partial charge in [-0.25, -0.2) is 9.50 Å². The maximum atomic E-state index is 14.3. The third-order valence-electron chi connectivity index (χ3n) is 7.45. The highest BCUT2D eigenvalue weighted by atomic mass is 16.2. The maximum Gasteiger partial charge on any atom is 0.264 e. The number of benzene rings is 3. The molecule has 0 aliphatic rings. The van der Waals surface area contributed by atoms with Crippen LogP contribution in [0.2, 0.25) is 0 Å². The first-order valence-electron chi connectivity index (χ1n) is 13.7. The number of pyridine rings is 1. The Bertz CT molecular complexity index is 2300. The van der Waals surface area contributed by atoms with E-state index in [2.05, 4.69) is 32.2 Å². The van der Waals surface area contributed by atoms with Crippen LogP contribution in [0.3, 0.4) is 0 Å². The molecule has 3 aromatic carbocycles. The molecule has 0 spiro atoms. The third-order valence-corrected chi connectivity index (χ3v) is 7.45. The molecule has 0 saturated heterocycles. The quantitative estimate of drug-likeness (QED) is 0.261. The number of para-hydroxylation sites is 2. The average molecular weight is 564 g/mol. The number of aromatic nitrogens is 5. The minimum absolute atomic E-state index is 0.0702. The smallest absolute Gasteiger partial charge is 0.264 e. The van der Waals surface area contributed by atoms with E-state index in [1.54, 1.807) is 23.0 Å². The monoisotopic (exact) mass is 563 g/mol. The molecular formula is C34H25N7O2. The Kier molecular flexibility index (Phi) is 6.22. The summed E-state index contributed by atoms with van der Waals surface area (Å²) in [6.45, 7) is 1.83. The number of nitrogens with one attached hydrogen (secondary N) is 2. The van der Waals surface area contributed by atoms with Crippen LogP contribution in [-0.2, 0) is 0 Å². The molecule has 4 N–H and O–H groups in total. The molecule has 0 aliphatic carbocycles. The van der Waals surface area contributed by atoms with Gasteiger partial charge in [-0.15, -0.1) is 5.10 Å². The van der Waals surface area contributed by atoms with Crippen LogP contribution in [0.1, 0.15) is 40.1 Å². The van der Waals surface area contributed by atoms with Gasteiger partial charge in [0.1, 0.15) is 5.56 Å². The van der Waals surface area contributed by atoms with E-state index >= 15 is 0 Å². The molecule has 1 amide bonds. The Morgan fingerprint density at radius 1 is 0.977 bits per heavy atom. The van der Waals surface area contributed by atoms with E-state index in [1.165, 1.54) is 4.52 Å². The molecule has 9 heteroatoms. The number of H-pyrrole nitrogens is 1. The second-order valence-corrected chi connectivity index (χ2v) is 10.2. The van der Waals surface area contributed by atoms with Gasteiger partial charge in [0, 0.05) is 46.4 Å². The van der Waals surface area contributed by atoms with Crippen LogP contribution in [0.15, 0.2) is 108 Å². The topological polar surface area (TPSA) is 123 Å². The Hall–Kier alpha value is -6.14. The van der Waals surface area contributed by atoms with Gasteiger partial charge in [0.15, 0.2) is 11.5 Å². The van der Waals surface area contributed by atoms with Gasteiger partial charge < -0.3 is 16.0 Å². The van der Waals surface area contributed by atoms with E-state index in [4.69, 9.17) is 5.73 Å². The molecule has 9 nitrogen and oxygen atoms in total. The lowest BCUT2D eigenvalue weighted by Crippen LogP contribution is -2.32. The highest BCUT2D eigenvalue weighted by molar-refractivity contribution is 6.04. The first-order valence-corrected chi connectivity index (χ1v) is 13.7. The SMILES string of the molecule is CC(NC(=O)c1c(N)nn2cccnc12)c1cc2cccc(C#Cc3c[nH]c4ccccc34)c2c(=O)n1-c1ccccc1. The van der Waals surface area contributed by atoms with Crippen LogP contribution in [-0.4, -0.2) is 30.1 Å². The number of hydrogen-bond acceptors (Lipinski definition) is 5. The van der Waals surface area contributed by atoms with Gasteiger partial charge in [-0.2, -0.15) is 0 Å². The van der Waals surface area contributed by atoms with E-state index < -0.39 is 11.9 Å². The second-order valence-electron chi connectivity index (χ2n) is 10.2. The molecule has 7 rings (SSSR count). The van der Waals surface area contributed by atoms with Crippen molar-refractivity contribution in [3.63, 3.8) is 0 Å². The molecule has 7 aromatic rings. The molecule has 4 heterocycles. The zero-order valence-corrected chi connectivity index (χ0v) is 23.1. The van der Waals surface area contributed by atoms with E-state index in [0.717, 1.165) is 21.9 Å². The summed E-state index contributed by atoms with van der Waals surface area (Å²) >= 11 is 0. The van der Waals surface area contributed by atoms with Crippen molar-refractivity contribution in [3.05, 3.63) is 136 Å². The lowest BCUT2D eigenvalue weighted by Gasteiger charge is -2.21. The summed E-state index contributed by atoms with van der Waals surface area (Å²) < 4.78 is 3.09. The van der Waals surface area contributed by atoms with Crippen molar-refractivity contribution >= 4 is 39.0 Å². The molecule has 208 valence electrons. The van der Waals surface area contributed by atoms with Crippen LogP contribution >= 0.6 is 0 Å². The van der Waals surface area contributed by atoms with E-state index in [9.17, 15) is 9.59 Å². The van der Waals surface area contributed by atoms with Gasteiger partial charge >= 0.3 is 0 Å². The predicted molar refractivity (Wildman–Crippen MR) is 167 cm³/mol. The molecule has 4 aromatic heterocycles. The number of nitrogen functional groups attached to an aromatic ring is 1. The number of carbonyl (C=O) groups excluding carboxylic acids is 1. The standard InChI is InChI=1S/C34H25N7O2/c1-21(38-33(42)30-31(35)39-40-18-8-17-36-32(30)40)28-19-23-10-7-9-22(15-16-24-20-37-27-14-6-5-13-26(24)27)29(23)34(43)41(28)25-11-3-2-4-12-25/h2-14,17-21,37H,1H3,(H2,35,39)(H,38,42). The lowest BCUT2D eigenvalue weighted by molar-refractivity contribution is 0.0941. The Morgan fingerprint density at radius 2 is 1.77 bits per heavy atom. The van der Waals surface area contributed by atoms with Gasteiger partial charge in [-0.05, 0) is 48.7 Å². The Morgan fingerprint density at radius 3 is 2.63 bits per heavy atom. The molecular weight excluding hydrogens is 538 g/mol. The van der Waals surface area contributed by atoms with E-state index in [1.807, 2.05) is 92.0 Å². The summed E-state index contributed by atoms with van der Waals surface area (Å²) in [6.07, 6.45) is 5.13. The Labute approximate surface area is 245 Å². The summed E-state index contributed by atoms with van der Waals surface area (Å²) in [4.78, 5) is 35.3. The molecule has 0 bridgehead atoms. The van der Waals surface area contributed by atoms with E-state index in [-0.39, 0.29) is 16.9 Å². The van der Waals surface area contributed by atoms with Gasteiger partial charge in [-0.1, -0.05) is 60.4 Å². The minimum atomic E-state index is -0.580. The summed E-state index contributed by atoms with van der Waals surface area (Å²) in [5.41, 5.74) is 10.1. The minimum Gasteiger partial charge on any atom is -0.381 e. The number of anilines is 1. The van der Waals surface area contributed by atoms with Crippen molar-refractivity contribution in [1.82, 2.24) is 29.5 Å². The fourth-order valence-electron chi connectivity index (χ4n) is 5.42. The number of nitrogens with two attached hydrogens (primary N) is 1. The number of fused-ring (bicyclic) bond motifs is 3. The Balaban J connectivity index is 1.35. The number of rotatable bonds is 4. The van der Waals surface area contributed by atoms with Gasteiger partial charge in [0.05, 0.1) is 17.0 Å². The first kappa shape index (κ1) is 25.8. The number of amides is 1. The molecule has 1 atom stereocenters.